The van der Waals surface area contributed by atoms with Gasteiger partial charge in [0.15, 0.2) is 5.69 Å². The number of hydrogen-bond donors (Lipinski definition) is 1. The summed E-state index contributed by atoms with van der Waals surface area (Å²) < 4.78 is 3.88. The highest BCUT2D eigenvalue weighted by Crippen LogP contribution is 2.23. The van der Waals surface area contributed by atoms with Gasteiger partial charge in [-0.15, -0.1) is 5.10 Å². The summed E-state index contributed by atoms with van der Waals surface area (Å²) in [5, 5.41) is 15.9. The number of likely N-dealkylation sites (tertiary alicyclic amines) is 1. The van der Waals surface area contributed by atoms with Crippen LogP contribution in [0.1, 0.15) is 67.2 Å². The summed E-state index contributed by atoms with van der Waals surface area (Å²) in [6.45, 7) is 7.94. The number of aromatic nitrogens is 5. The maximum absolute atomic E-state index is 12.4. The zero-order chi connectivity index (χ0) is 19.5. The smallest absolute Gasteiger partial charge is 0.273 e. The third-order valence-corrected chi connectivity index (χ3v) is 6.24. The quantitative estimate of drug-likeness (QED) is 0.790. The molecule has 0 aromatic carbocycles. The number of aryl methyl sites for hydroxylation is 1. The first-order chi connectivity index (χ1) is 13.6. The van der Waals surface area contributed by atoms with Crippen LogP contribution in [0.5, 0.6) is 0 Å². The maximum atomic E-state index is 12.4. The molecule has 4 rings (SSSR count). The molecule has 152 valence electrons. The van der Waals surface area contributed by atoms with Gasteiger partial charge < -0.3 is 5.32 Å². The number of amides is 1. The van der Waals surface area contributed by atoms with Crippen molar-refractivity contribution in [3.8, 4) is 0 Å². The molecule has 3 heterocycles. The lowest BCUT2D eigenvalue weighted by molar-refractivity contribution is 0.0932. The van der Waals surface area contributed by atoms with E-state index in [0.717, 1.165) is 45.4 Å². The number of nitrogens with zero attached hydrogens (tertiary/aromatic N) is 6. The molecule has 28 heavy (non-hydrogen) atoms. The van der Waals surface area contributed by atoms with E-state index in [4.69, 9.17) is 0 Å². The van der Waals surface area contributed by atoms with Gasteiger partial charge in [-0.25, -0.2) is 0 Å². The molecule has 8 heteroatoms. The van der Waals surface area contributed by atoms with E-state index in [9.17, 15) is 4.79 Å². The highest BCUT2D eigenvalue weighted by Gasteiger charge is 2.27. The van der Waals surface area contributed by atoms with Crippen LogP contribution < -0.4 is 5.32 Å². The summed E-state index contributed by atoms with van der Waals surface area (Å²) in [7, 11) is 0. The van der Waals surface area contributed by atoms with Crippen molar-refractivity contribution >= 4 is 5.91 Å². The molecule has 8 nitrogen and oxygen atoms in total. The normalized spacial score (nSPS) is 20.9. The lowest BCUT2D eigenvalue weighted by Gasteiger charge is -2.24. The van der Waals surface area contributed by atoms with E-state index in [1.165, 1.54) is 30.5 Å². The van der Waals surface area contributed by atoms with E-state index in [2.05, 4.69) is 39.5 Å². The predicted octanol–water partition coefficient (Wildman–Crippen LogP) is 2.14. The largest absolute Gasteiger partial charge is 0.348 e. The van der Waals surface area contributed by atoms with Crippen LogP contribution in [0.25, 0.3) is 0 Å². The molecule has 1 aliphatic heterocycles. The molecule has 1 saturated carbocycles. The number of hydrogen-bond acceptors (Lipinski definition) is 5. The monoisotopic (exact) mass is 385 g/mol. The van der Waals surface area contributed by atoms with Gasteiger partial charge in [-0.05, 0) is 46.1 Å². The first kappa shape index (κ1) is 19.1. The summed E-state index contributed by atoms with van der Waals surface area (Å²) in [5.74, 6) is -0.0935. The molecule has 0 bridgehead atoms. The fraction of sp³-hybridized carbons (Fsp3) is 0.700. The van der Waals surface area contributed by atoms with Gasteiger partial charge in [0.1, 0.15) is 0 Å². The molecule has 0 spiro atoms. The van der Waals surface area contributed by atoms with Gasteiger partial charge in [0.25, 0.3) is 5.91 Å². The molecule has 1 amide bonds. The van der Waals surface area contributed by atoms with E-state index < -0.39 is 0 Å². The van der Waals surface area contributed by atoms with Crippen molar-refractivity contribution in [1.29, 1.82) is 0 Å². The maximum Gasteiger partial charge on any atom is 0.273 e. The van der Waals surface area contributed by atoms with Crippen LogP contribution in [0.4, 0.5) is 0 Å². The Labute approximate surface area is 166 Å². The Morgan fingerprint density at radius 2 is 2.07 bits per heavy atom. The van der Waals surface area contributed by atoms with Crippen molar-refractivity contribution in [2.24, 2.45) is 0 Å². The number of carbonyl (C=O) groups is 1. The molecule has 1 aliphatic carbocycles. The summed E-state index contributed by atoms with van der Waals surface area (Å²) in [6, 6.07) is 0.715. The van der Waals surface area contributed by atoms with Crippen LogP contribution in [0.2, 0.25) is 0 Å². The first-order valence-corrected chi connectivity index (χ1v) is 10.6. The highest BCUT2D eigenvalue weighted by atomic mass is 16.2. The van der Waals surface area contributed by atoms with Gasteiger partial charge in [-0.2, -0.15) is 5.10 Å². The zero-order valence-corrected chi connectivity index (χ0v) is 17.0. The minimum atomic E-state index is -0.0935. The SMILES string of the molecule is CCn1ncc(CN2CCC[C@H]2Cn2cc(C(=O)NC3CCCC3)nn2)c1C. The van der Waals surface area contributed by atoms with Gasteiger partial charge in [0.05, 0.1) is 18.9 Å². The number of nitrogens with one attached hydrogen (secondary N) is 1. The minimum Gasteiger partial charge on any atom is -0.348 e. The van der Waals surface area contributed by atoms with Gasteiger partial charge >= 0.3 is 0 Å². The van der Waals surface area contributed by atoms with Crippen molar-refractivity contribution < 1.29 is 4.79 Å². The Balaban J connectivity index is 1.36. The fourth-order valence-corrected chi connectivity index (χ4v) is 4.53. The molecule has 1 N–H and O–H groups in total. The second-order valence-electron chi connectivity index (χ2n) is 8.12. The van der Waals surface area contributed by atoms with Crippen molar-refractivity contribution in [3.63, 3.8) is 0 Å². The van der Waals surface area contributed by atoms with Crippen LogP contribution in [0.3, 0.4) is 0 Å². The van der Waals surface area contributed by atoms with E-state index in [1.54, 1.807) is 6.20 Å². The molecule has 0 unspecified atom stereocenters. The highest BCUT2D eigenvalue weighted by molar-refractivity contribution is 5.92. The average Bonchev–Trinajstić information content (AvgIpc) is 3.47. The Hall–Kier alpha value is -2.22. The Kier molecular flexibility index (Phi) is 5.75. The van der Waals surface area contributed by atoms with Crippen LogP contribution in [-0.4, -0.2) is 54.2 Å². The average molecular weight is 386 g/mol. The molecular formula is C20H31N7O. The molecule has 0 radical (unpaired) electrons. The second kappa shape index (κ2) is 8.43. The Morgan fingerprint density at radius 3 is 2.82 bits per heavy atom. The van der Waals surface area contributed by atoms with E-state index in [1.807, 2.05) is 15.6 Å². The first-order valence-electron chi connectivity index (χ1n) is 10.6. The van der Waals surface area contributed by atoms with Crippen LogP contribution in [0, 0.1) is 6.92 Å². The van der Waals surface area contributed by atoms with Gasteiger partial charge in [-0.1, -0.05) is 18.1 Å². The standard InChI is InChI=1S/C20H31N7O/c1-3-27-15(2)16(11-21-27)12-25-10-6-9-18(25)13-26-14-19(23-24-26)20(28)22-17-7-4-5-8-17/h11,14,17-18H,3-10,12-13H2,1-2H3,(H,22,28)/t18-/m0/s1. The number of rotatable bonds is 7. The fourth-order valence-electron chi connectivity index (χ4n) is 4.53. The summed E-state index contributed by atoms with van der Waals surface area (Å²) in [6.07, 6.45) is 10.7. The summed E-state index contributed by atoms with van der Waals surface area (Å²) in [5.41, 5.74) is 2.97. The van der Waals surface area contributed by atoms with Crippen molar-refractivity contribution in [2.75, 3.05) is 6.54 Å². The molecular weight excluding hydrogens is 354 g/mol. The number of carbonyl (C=O) groups excluding carboxylic acids is 1. The van der Waals surface area contributed by atoms with Gasteiger partial charge in [-0.3, -0.25) is 19.1 Å². The van der Waals surface area contributed by atoms with Gasteiger partial charge in [0, 0.05) is 36.4 Å². The van der Waals surface area contributed by atoms with Crippen molar-refractivity contribution in [3.05, 3.63) is 29.3 Å². The predicted molar refractivity (Wildman–Crippen MR) is 106 cm³/mol. The van der Waals surface area contributed by atoms with E-state index in [-0.39, 0.29) is 5.91 Å². The van der Waals surface area contributed by atoms with Gasteiger partial charge in [0.2, 0.25) is 0 Å². The third-order valence-electron chi connectivity index (χ3n) is 6.24. The molecule has 1 atom stereocenters. The van der Waals surface area contributed by atoms with Crippen LogP contribution in [0.15, 0.2) is 12.4 Å². The lowest BCUT2D eigenvalue weighted by atomic mass is 10.2. The molecule has 2 aromatic heterocycles. The van der Waals surface area contributed by atoms with E-state index in [0.29, 0.717) is 17.8 Å². The second-order valence-corrected chi connectivity index (χ2v) is 8.12. The lowest BCUT2D eigenvalue weighted by Crippen LogP contribution is -2.33. The zero-order valence-electron chi connectivity index (χ0n) is 17.0. The minimum absolute atomic E-state index is 0.0935. The van der Waals surface area contributed by atoms with E-state index >= 15 is 0 Å². The Morgan fingerprint density at radius 1 is 1.25 bits per heavy atom. The van der Waals surface area contributed by atoms with Crippen molar-refractivity contribution in [2.45, 2.75) is 84.1 Å². The molecule has 1 saturated heterocycles. The molecule has 2 fully saturated rings. The summed E-state index contributed by atoms with van der Waals surface area (Å²) >= 11 is 0. The molecule has 2 aliphatic rings. The van der Waals surface area contributed by atoms with Crippen LogP contribution in [-0.2, 0) is 19.6 Å². The van der Waals surface area contributed by atoms with Crippen molar-refractivity contribution in [1.82, 2.24) is 35.0 Å². The summed E-state index contributed by atoms with van der Waals surface area (Å²) in [4.78, 5) is 14.9. The van der Waals surface area contributed by atoms with Crippen LogP contribution >= 0.6 is 0 Å². The molecule has 2 aromatic rings. The third kappa shape index (κ3) is 4.11. The Bertz CT molecular complexity index is 805. The topological polar surface area (TPSA) is 80.9 Å².